The van der Waals surface area contributed by atoms with Crippen LogP contribution in [0.5, 0.6) is 0 Å². The molecule has 0 unspecified atom stereocenters. The smallest absolute Gasteiger partial charge is 0.0406 e. The fourth-order valence-electron chi connectivity index (χ4n) is 0.970. The van der Waals surface area contributed by atoms with Crippen molar-refractivity contribution < 1.29 is 0 Å². The van der Waals surface area contributed by atoms with Crippen LogP contribution >= 0.6 is 11.6 Å². The van der Waals surface area contributed by atoms with Crippen molar-refractivity contribution >= 4 is 17.7 Å². The highest BCUT2D eigenvalue weighted by atomic mass is 35.5. The molecule has 1 rings (SSSR count). The molecule has 1 aromatic carbocycles. The molecule has 4 heteroatoms. The quantitative estimate of drug-likeness (QED) is 0.310. The molecule has 3 nitrogen and oxygen atoms in total. The molecule has 0 radical (unpaired) electrons. The van der Waals surface area contributed by atoms with E-state index in [1.165, 1.54) is 0 Å². The second-order valence-corrected chi connectivity index (χ2v) is 3.13. The minimum Gasteiger partial charge on any atom is -0.0937 e. The van der Waals surface area contributed by atoms with Crippen molar-refractivity contribution in [1.82, 2.24) is 0 Å². The van der Waals surface area contributed by atoms with E-state index in [4.69, 9.17) is 17.1 Å². The van der Waals surface area contributed by atoms with Crippen LogP contribution in [0.1, 0.15) is 12.0 Å². The third-order valence-electron chi connectivity index (χ3n) is 1.64. The van der Waals surface area contributed by atoms with Gasteiger partial charge in [0.2, 0.25) is 0 Å². The zero-order valence-corrected chi connectivity index (χ0v) is 8.35. The summed E-state index contributed by atoms with van der Waals surface area (Å²) in [5, 5.41) is 4.16. The van der Waals surface area contributed by atoms with Crippen LogP contribution in [0.15, 0.2) is 35.5 Å². The van der Waals surface area contributed by atoms with Crippen molar-refractivity contribution in [1.29, 1.82) is 0 Å². The molecule has 0 atom stereocenters. The van der Waals surface area contributed by atoms with Gasteiger partial charge in [0.25, 0.3) is 0 Å². The summed E-state index contributed by atoms with van der Waals surface area (Å²) in [7, 11) is 0. The Morgan fingerprint density at radius 3 is 2.71 bits per heavy atom. The van der Waals surface area contributed by atoms with Crippen LogP contribution < -0.4 is 0 Å². The maximum Gasteiger partial charge on any atom is 0.0406 e. The summed E-state index contributed by atoms with van der Waals surface area (Å²) in [4.78, 5) is 2.67. The minimum atomic E-state index is 0.501. The third-order valence-corrected chi connectivity index (χ3v) is 1.89. The highest BCUT2D eigenvalue weighted by Crippen LogP contribution is 2.10. The van der Waals surface area contributed by atoms with E-state index in [2.05, 4.69) is 10.0 Å². The molecule has 72 valence electrons. The van der Waals surface area contributed by atoms with Crippen LogP contribution in [-0.2, 0) is 0 Å². The van der Waals surface area contributed by atoms with E-state index in [9.17, 15) is 0 Å². The fourth-order valence-corrected chi connectivity index (χ4v) is 1.10. The first kappa shape index (κ1) is 10.6. The molecule has 0 aliphatic rings. The maximum atomic E-state index is 8.03. The molecule has 0 aliphatic heterocycles. The van der Waals surface area contributed by atoms with Crippen LogP contribution in [0.4, 0.5) is 0 Å². The Morgan fingerprint density at radius 1 is 1.36 bits per heavy atom. The van der Waals surface area contributed by atoms with Gasteiger partial charge in [-0.3, -0.25) is 0 Å². The largest absolute Gasteiger partial charge is 0.0937 e. The Bertz CT molecular complexity index is 350. The van der Waals surface area contributed by atoms with Gasteiger partial charge in [0.15, 0.2) is 0 Å². The molecule has 0 N–H and O–H groups in total. The van der Waals surface area contributed by atoms with Crippen molar-refractivity contribution in [3.63, 3.8) is 0 Å². The molecular weight excluding hydrogens is 198 g/mol. The molecule has 0 bridgehead atoms. The Kier molecular flexibility index (Phi) is 4.62. The van der Waals surface area contributed by atoms with Crippen LogP contribution in [0.3, 0.4) is 0 Å². The number of azide groups is 1. The van der Waals surface area contributed by atoms with Crippen LogP contribution in [-0.4, -0.2) is 6.54 Å². The average molecular weight is 208 g/mol. The van der Waals surface area contributed by atoms with Crippen LogP contribution in [0.2, 0.25) is 5.02 Å². The predicted octanol–water partition coefficient (Wildman–Crippen LogP) is 4.05. The minimum absolute atomic E-state index is 0.501. The lowest BCUT2D eigenvalue weighted by Crippen LogP contribution is -1.74. The lowest BCUT2D eigenvalue weighted by Gasteiger charge is -1.92. The predicted molar refractivity (Wildman–Crippen MR) is 59.1 cm³/mol. The molecule has 0 heterocycles. The molecular formula is C10H10ClN3. The van der Waals surface area contributed by atoms with Gasteiger partial charge in [-0.15, -0.1) is 0 Å². The number of nitrogens with zero attached hydrogens (tertiary/aromatic N) is 3. The van der Waals surface area contributed by atoms with Gasteiger partial charge in [-0.25, -0.2) is 0 Å². The van der Waals surface area contributed by atoms with Gasteiger partial charge in [-0.2, -0.15) is 0 Å². The Morgan fingerprint density at radius 2 is 2.07 bits per heavy atom. The van der Waals surface area contributed by atoms with E-state index in [1.54, 1.807) is 0 Å². The zero-order valence-electron chi connectivity index (χ0n) is 7.60. The Labute approximate surface area is 87.6 Å². The highest BCUT2D eigenvalue weighted by molar-refractivity contribution is 6.30. The van der Waals surface area contributed by atoms with E-state index in [0.717, 1.165) is 17.0 Å². The molecule has 0 aromatic heterocycles. The average Bonchev–Trinajstić information content (AvgIpc) is 2.21. The summed E-state index contributed by atoms with van der Waals surface area (Å²) < 4.78 is 0. The summed E-state index contributed by atoms with van der Waals surface area (Å²) in [6, 6.07) is 7.56. The molecule has 0 saturated heterocycles. The molecule has 0 aliphatic carbocycles. The lowest BCUT2D eigenvalue weighted by atomic mass is 10.2. The number of hydrogen-bond acceptors (Lipinski definition) is 1. The van der Waals surface area contributed by atoms with Crippen molar-refractivity contribution in [3.05, 3.63) is 51.4 Å². The molecule has 0 saturated carbocycles. The number of halogens is 1. The fraction of sp³-hybridized carbons (Fsp3) is 0.200. The van der Waals surface area contributed by atoms with E-state index in [1.807, 2.05) is 36.4 Å². The molecule has 1 aromatic rings. The normalized spacial score (nSPS) is 10.1. The third kappa shape index (κ3) is 3.99. The van der Waals surface area contributed by atoms with Crippen LogP contribution in [0, 0.1) is 0 Å². The van der Waals surface area contributed by atoms with Gasteiger partial charge < -0.3 is 0 Å². The SMILES string of the molecule is [N-]=[N+]=NCC/C=C/c1ccc(Cl)cc1. The monoisotopic (exact) mass is 207 g/mol. The summed E-state index contributed by atoms with van der Waals surface area (Å²) in [5.74, 6) is 0. The van der Waals surface area contributed by atoms with Crippen molar-refractivity contribution in [2.75, 3.05) is 6.54 Å². The zero-order chi connectivity index (χ0) is 10.2. The van der Waals surface area contributed by atoms with Gasteiger partial charge in [-0.1, -0.05) is 41.0 Å². The van der Waals surface area contributed by atoms with Gasteiger partial charge in [0.05, 0.1) is 0 Å². The Hall–Kier alpha value is -1.44. The van der Waals surface area contributed by atoms with Crippen molar-refractivity contribution in [2.45, 2.75) is 6.42 Å². The van der Waals surface area contributed by atoms with Gasteiger partial charge >= 0.3 is 0 Å². The molecule has 14 heavy (non-hydrogen) atoms. The van der Waals surface area contributed by atoms with Gasteiger partial charge in [0, 0.05) is 16.5 Å². The second-order valence-electron chi connectivity index (χ2n) is 2.70. The summed E-state index contributed by atoms with van der Waals surface area (Å²) in [6.45, 7) is 0.501. The lowest BCUT2D eigenvalue weighted by molar-refractivity contribution is 0.996. The number of rotatable bonds is 4. The number of benzene rings is 1. The first-order chi connectivity index (χ1) is 6.83. The summed E-state index contributed by atoms with van der Waals surface area (Å²) in [5.41, 5.74) is 9.13. The summed E-state index contributed by atoms with van der Waals surface area (Å²) in [6.07, 6.45) is 4.70. The number of hydrogen-bond donors (Lipinski definition) is 0. The summed E-state index contributed by atoms with van der Waals surface area (Å²) >= 11 is 5.73. The van der Waals surface area contributed by atoms with E-state index in [-0.39, 0.29) is 0 Å². The van der Waals surface area contributed by atoms with E-state index in [0.29, 0.717) is 6.54 Å². The van der Waals surface area contributed by atoms with Gasteiger partial charge in [0.1, 0.15) is 0 Å². The topological polar surface area (TPSA) is 48.8 Å². The highest BCUT2D eigenvalue weighted by Gasteiger charge is 1.86. The first-order valence-corrected chi connectivity index (χ1v) is 4.63. The van der Waals surface area contributed by atoms with Gasteiger partial charge in [-0.05, 0) is 29.6 Å². The maximum absolute atomic E-state index is 8.03. The van der Waals surface area contributed by atoms with Crippen molar-refractivity contribution in [2.24, 2.45) is 5.11 Å². The van der Waals surface area contributed by atoms with E-state index < -0.39 is 0 Å². The molecule has 0 amide bonds. The standard InChI is InChI=1S/C10H10ClN3/c11-10-6-4-9(5-7-10)3-1-2-8-13-14-12/h1,3-7H,2,8H2/b3-1+. The molecule has 0 fully saturated rings. The van der Waals surface area contributed by atoms with Crippen LogP contribution in [0.25, 0.3) is 16.5 Å². The van der Waals surface area contributed by atoms with Crippen molar-refractivity contribution in [3.8, 4) is 0 Å². The second kappa shape index (κ2) is 6.08. The Balaban J connectivity index is 2.43. The van der Waals surface area contributed by atoms with E-state index >= 15 is 0 Å². The molecule has 0 spiro atoms. The first-order valence-electron chi connectivity index (χ1n) is 4.26.